The maximum atomic E-state index is 13.3. The van der Waals surface area contributed by atoms with E-state index < -0.39 is 29.5 Å². The molecular weight excluding hydrogens is 421 g/mol. The predicted molar refractivity (Wildman–Crippen MR) is 113 cm³/mol. The minimum absolute atomic E-state index is 0.173. The van der Waals surface area contributed by atoms with E-state index in [1.165, 1.54) is 18.5 Å². The van der Waals surface area contributed by atoms with Crippen LogP contribution in [0.2, 0.25) is 0 Å². The Morgan fingerprint density at radius 2 is 1.75 bits per heavy atom. The summed E-state index contributed by atoms with van der Waals surface area (Å²) in [4.78, 5) is 29.1. The van der Waals surface area contributed by atoms with Gasteiger partial charge in [-0.15, -0.1) is 0 Å². The molecule has 0 aliphatic heterocycles. The van der Waals surface area contributed by atoms with Gasteiger partial charge in [-0.25, -0.2) is 18.2 Å². The van der Waals surface area contributed by atoms with Crippen LogP contribution >= 0.6 is 0 Å². The fourth-order valence-electron chi connectivity index (χ4n) is 3.27. The fourth-order valence-corrected chi connectivity index (χ4v) is 3.27. The molecule has 0 aliphatic rings. The summed E-state index contributed by atoms with van der Waals surface area (Å²) >= 11 is 0. The summed E-state index contributed by atoms with van der Waals surface area (Å²) in [6, 6.07) is 8.19. The molecule has 6 nitrogen and oxygen atoms in total. The molecule has 2 amide bonds. The molecule has 0 saturated heterocycles. The Hall–Kier alpha value is -3.62. The Morgan fingerprint density at radius 3 is 2.44 bits per heavy atom. The third-order valence-corrected chi connectivity index (χ3v) is 4.65. The lowest BCUT2D eigenvalue weighted by Crippen LogP contribution is -2.44. The predicted octanol–water partition coefficient (Wildman–Crippen LogP) is 3.81. The van der Waals surface area contributed by atoms with Crippen LogP contribution in [0.25, 0.3) is 0 Å². The Balaban J connectivity index is 1.59. The first-order valence-electron chi connectivity index (χ1n) is 10.1. The van der Waals surface area contributed by atoms with Crippen molar-refractivity contribution >= 4 is 17.6 Å². The number of hydrogen-bond donors (Lipinski definition) is 2. The molecule has 0 unspecified atom stereocenters. The van der Waals surface area contributed by atoms with E-state index in [-0.39, 0.29) is 23.6 Å². The van der Waals surface area contributed by atoms with Gasteiger partial charge in [0.1, 0.15) is 23.5 Å². The van der Waals surface area contributed by atoms with E-state index >= 15 is 0 Å². The molecule has 3 aromatic rings. The van der Waals surface area contributed by atoms with Gasteiger partial charge in [0.05, 0.1) is 12.7 Å². The van der Waals surface area contributed by atoms with Crippen molar-refractivity contribution in [3.63, 3.8) is 0 Å². The number of anilines is 1. The number of halogens is 3. The average Bonchev–Trinajstić information content (AvgIpc) is 3.13. The van der Waals surface area contributed by atoms with Gasteiger partial charge in [-0.1, -0.05) is 25.5 Å². The molecule has 0 aliphatic carbocycles. The molecule has 1 heterocycles. The first-order chi connectivity index (χ1) is 15.3. The lowest BCUT2D eigenvalue weighted by Gasteiger charge is -2.17. The van der Waals surface area contributed by atoms with Crippen LogP contribution in [0.3, 0.4) is 0 Å². The summed E-state index contributed by atoms with van der Waals surface area (Å²) in [7, 11) is 0. The van der Waals surface area contributed by atoms with Gasteiger partial charge in [-0.05, 0) is 41.8 Å². The zero-order chi connectivity index (χ0) is 23.1. The molecule has 1 atom stereocenters. The molecule has 0 radical (unpaired) electrons. The van der Waals surface area contributed by atoms with Gasteiger partial charge >= 0.3 is 0 Å². The van der Waals surface area contributed by atoms with Crippen LogP contribution in [-0.4, -0.2) is 27.4 Å². The number of benzene rings is 2. The third-order valence-electron chi connectivity index (χ3n) is 4.65. The van der Waals surface area contributed by atoms with Crippen molar-refractivity contribution in [3.8, 4) is 0 Å². The SMILES string of the molecule is CCC[C@H](NC(=O)Cc1cc(F)cc(F)c1)C(=O)Nc1cn(Cc2cccc(F)c2)cn1. The van der Waals surface area contributed by atoms with Crippen LogP contribution in [0.4, 0.5) is 19.0 Å². The zero-order valence-corrected chi connectivity index (χ0v) is 17.4. The fraction of sp³-hybridized carbons (Fsp3) is 0.261. The minimum atomic E-state index is -0.834. The van der Waals surface area contributed by atoms with E-state index in [2.05, 4.69) is 15.6 Å². The molecule has 3 rings (SSSR count). The molecule has 32 heavy (non-hydrogen) atoms. The van der Waals surface area contributed by atoms with Crippen LogP contribution in [-0.2, 0) is 22.6 Å². The first-order valence-corrected chi connectivity index (χ1v) is 10.1. The Morgan fingerprint density at radius 1 is 1.03 bits per heavy atom. The van der Waals surface area contributed by atoms with Gasteiger partial charge in [0, 0.05) is 18.8 Å². The van der Waals surface area contributed by atoms with Crippen LogP contribution in [0.1, 0.15) is 30.9 Å². The number of aromatic nitrogens is 2. The molecule has 2 aromatic carbocycles. The highest BCUT2D eigenvalue weighted by Crippen LogP contribution is 2.11. The monoisotopic (exact) mass is 444 g/mol. The summed E-state index contributed by atoms with van der Waals surface area (Å²) in [5, 5.41) is 5.26. The van der Waals surface area contributed by atoms with Crippen LogP contribution in [0, 0.1) is 17.5 Å². The minimum Gasteiger partial charge on any atom is -0.344 e. The number of nitrogens with one attached hydrogen (secondary N) is 2. The maximum Gasteiger partial charge on any atom is 0.248 e. The normalized spacial score (nSPS) is 11.8. The Bertz CT molecular complexity index is 1080. The van der Waals surface area contributed by atoms with Crippen molar-refractivity contribution in [1.82, 2.24) is 14.9 Å². The van der Waals surface area contributed by atoms with E-state index in [1.807, 2.05) is 6.92 Å². The number of nitrogens with zero attached hydrogens (tertiary/aromatic N) is 2. The molecule has 2 N–H and O–H groups in total. The van der Waals surface area contributed by atoms with Gasteiger partial charge in [0.25, 0.3) is 0 Å². The maximum absolute atomic E-state index is 13.3. The number of imidazole rings is 1. The van der Waals surface area contributed by atoms with E-state index in [1.54, 1.807) is 22.9 Å². The lowest BCUT2D eigenvalue weighted by molar-refractivity contribution is -0.126. The van der Waals surface area contributed by atoms with Crippen molar-refractivity contribution in [3.05, 3.63) is 83.6 Å². The number of rotatable bonds is 9. The molecule has 0 fully saturated rings. The van der Waals surface area contributed by atoms with Crippen molar-refractivity contribution < 1.29 is 22.8 Å². The largest absolute Gasteiger partial charge is 0.344 e. The lowest BCUT2D eigenvalue weighted by atomic mass is 10.1. The quantitative estimate of drug-likeness (QED) is 0.527. The van der Waals surface area contributed by atoms with Crippen LogP contribution in [0.15, 0.2) is 55.0 Å². The standard InChI is InChI=1S/C23H23F3N4O2/c1-2-4-20(28-22(31)10-16-8-18(25)11-19(26)9-16)23(32)29-21-13-30(14-27-21)12-15-5-3-6-17(24)7-15/h3,5-9,11,13-14,20H,2,4,10,12H2,1H3,(H,28,31)(H,29,32)/t20-/m0/s1. The van der Waals surface area contributed by atoms with Crippen LogP contribution < -0.4 is 10.6 Å². The third kappa shape index (κ3) is 6.69. The van der Waals surface area contributed by atoms with Gasteiger partial charge in [0.2, 0.25) is 11.8 Å². The highest BCUT2D eigenvalue weighted by Gasteiger charge is 2.21. The summed E-state index contributed by atoms with van der Waals surface area (Å²) in [6.07, 6.45) is 3.85. The van der Waals surface area contributed by atoms with Crippen molar-refractivity contribution in [2.24, 2.45) is 0 Å². The van der Waals surface area contributed by atoms with E-state index in [9.17, 15) is 22.8 Å². The Kier molecular flexibility index (Phi) is 7.64. The smallest absolute Gasteiger partial charge is 0.248 e. The van der Waals surface area contributed by atoms with E-state index in [0.29, 0.717) is 19.4 Å². The highest BCUT2D eigenvalue weighted by molar-refractivity contribution is 5.96. The second-order valence-electron chi connectivity index (χ2n) is 7.41. The van der Waals surface area contributed by atoms with E-state index in [0.717, 1.165) is 23.8 Å². The van der Waals surface area contributed by atoms with Gasteiger partial charge in [-0.2, -0.15) is 0 Å². The molecular formula is C23H23F3N4O2. The topological polar surface area (TPSA) is 76.0 Å². The first kappa shape index (κ1) is 23.1. The summed E-state index contributed by atoms with van der Waals surface area (Å²) in [5.74, 6) is -2.58. The number of amides is 2. The molecule has 168 valence electrons. The molecule has 1 aromatic heterocycles. The number of carbonyl (C=O) groups is 2. The Labute approximate surface area is 183 Å². The summed E-state index contributed by atoms with van der Waals surface area (Å²) in [5.41, 5.74) is 0.914. The summed E-state index contributed by atoms with van der Waals surface area (Å²) in [6.45, 7) is 2.24. The zero-order valence-electron chi connectivity index (χ0n) is 17.4. The summed E-state index contributed by atoms with van der Waals surface area (Å²) < 4.78 is 41.7. The second kappa shape index (κ2) is 10.6. The molecule has 0 bridgehead atoms. The molecule has 0 spiro atoms. The highest BCUT2D eigenvalue weighted by atomic mass is 19.1. The van der Waals surface area contributed by atoms with Crippen molar-refractivity contribution in [2.75, 3.05) is 5.32 Å². The van der Waals surface area contributed by atoms with Gasteiger partial charge < -0.3 is 15.2 Å². The second-order valence-corrected chi connectivity index (χ2v) is 7.41. The average molecular weight is 444 g/mol. The molecule has 9 heteroatoms. The van der Waals surface area contributed by atoms with Gasteiger partial charge in [0.15, 0.2) is 5.82 Å². The molecule has 0 saturated carbocycles. The van der Waals surface area contributed by atoms with E-state index in [4.69, 9.17) is 0 Å². The van der Waals surface area contributed by atoms with Crippen LogP contribution in [0.5, 0.6) is 0 Å². The van der Waals surface area contributed by atoms with Crippen molar-refractivity contribution in [1.29, 1.82) is 0 Å². The number of hydrogen-bond acceptors (Lipinski definition) is 3. The number of carbonyl (C=O) groups excluding carboxylic acids is 2. The van der Waals surface area contributed by atoms with Crippen molar-refractivity contribution in [2.45, 2.75) is 38.8 Å². The van der Waals surface area contributed by atoms with Gasteiger partial charge in [-0.3, -0.25) is 9.59 Å².